The normalized spacial score (nSPS) is 17.6. The summed E-state index contributed by atoms with van der Waals surface area (Å²) in [5.74, 6) is 0.726. The molecule has 1 saturated heterocycles. The molecule has 1 aliphatic heterocycles. The van der Waals surface area contributed by atoms with Gasteiger partial charge in [0, 0.05) is 0 Å². The molecule has 0 spiro atoms. The average molecular weight is 223 g/mol. The van der Waals surface area contributed by atoms with E-state index < -0.39 is 6.43 Å². The highest BCUT2D eigenvalue weighted by Crippen LogP contribution is 2.16. The summed E-state index contributed by atoms with van der Waals surface area (Å²) in [4.78, 5) is 1.85. The van der Waals surface area contributed by atoms with Crippen LogP contribution in [0.1, 0.15) is 47.5 Å². The fourth-order valence-corrected chi connectivity index (χ4v) is 1.44. The molecule has 15 heavy (non-hydrogen) atoms. The molecule has 0 bridgehead atoms. The van der Waals surface area contributed by atoms with Crippen molar-refractivity contribution < 1.29 is 8.78 Å². The minimum absolute atomic E-state index is 0.0350. The van der Waals surface area contributed by atoms with Crippen molar-refractivity contribution in [3.8, 4) is 0 Å². The highest BCUT2D eigenvalue weighted by molar-refractivity contribution is 4.69. The number of piperidine rings is 1. The lowest BCUT2D eigenvalue weighted by molar-refractivity contribution is 0.0709. The number of rotatable bonds is 2. The summed E-state index contributed by atoms with van der Waals surface area (Å²) < 4.78 is 23.7. The van der Waals surface area contributed by atoms with E-state index in [1.807, 2.05) is 32.6 Å². The number of halogens is 2. The van der Waals surface area contributed by atoms with Crippen LogP contribution in [0, 0.1) is 5.92 Å². The summed E-state index contributed by atoms with van der Waals surface area (Å²) in [7, 11) is 0. The molecule has 3 heteroatoms. The zero-order chi connectivity index (χ0) is 12.3. The molecule has 0 atom stereocenters. The van der Waals surface area contributed by atoms with E-state index in [1.165, 1.54) is 0 Å². The zero-order valence-corrected chi connectivity index (χ0v) is 10.9. The van der Waals surface area contributed by atoms with E-state index in [1.54, 1.807) is 0 Å². The van der Waals surface area contributed by atoms with Crippen LogP contribution in [0.2, 0.25) is 0 Å². The van der Waals surface area contributed by atoms with E-state index in [0.29, 0.717) is 0 Å². The van der Waals surface area contributed by atoms with Gasteiger partial charge in [0.1, 0.15) is 0 Å². The van der Waals surface area contributed by atoms with Crippen LogP contribution in [0.3, 0.4) is 0 Å². The second kappa shape index (κ2) is 11.9. The van der Waals surface area contributed by atoms with Gasteiger partial charge in [-0.3, -0.25) is 4.90 Å². The Kier molecular flexibility index (Phi) is 13.7. The van der Waals surface area contributed by atoms with Crippen molar-refractivity contribution in [3.63, 3.8) is 0 Å². The monoisotopic (exact) mass is 223 g/mol. The lowest BCUT2D eigenvalue weighted by Gasteiger charge is -2.29. The summed E-state index contributed by atoms with van der Waals surface area (Å²) in [5, 5.41) is 0. The topological polar surface area (TPSA) is 3.24 Å². The lowest BCUT2D eigenvalue weighted by atomic mass is 9.99. The molecule has 94 valence electrons. The molecule has 0 radical (unpaired) electrons. The third-order valence-corrected chi connectivity index (χ3v) is 2.27. The number of alkyl halides is 2. The van der Waals surface area contributed by atoms with Crippen molar-refractivity contribution in [2.75, 3.05) is 19.6 Å². The van der Waals surface area contributed by atoms with Gasteiger partial charge in [-0.1, -0.05) is 34.6 Å². The van der Waals surface area contributed by atoms with Crippen LogP contribution < -0.4 is 0 Å². The van der Waals surface area contributed by atoms with Gasteiger partial charge < -0.3 is 0 Å². The van der Waals surface area contributed by atoms with Crippen LogP contribution in [-0.4, -0.2) is 31.0 Å². The van der Waals surface area contributed by atoms with E-state index in [4.69, 9.17) is 0 Å². The largest absolute Gasteiger partial charge is 0.298 e. The first kappa shape index (κ1) is 17.2. The molecule has 0 saturated carbocycles. The van der Waals surface area contributed by atoms with Crippen molar-refractivity contribution in [3.05, 3.63) is 0 Å². The molecule has 1 rings (SSSR count). The minimum Gasteiger partial charge on any atom is -0.298 e. The highest BCUT2D eigenvalue weighted by atomic mass is 19.3. The molecule has 0 aromatic heterocycles. The van der Waals surface area contributed by atoms with Crippen molar-refractivity contribution in [2.45, 2.75) is 53.9 Å². The van der Waals surface area contributed by atoms with Gasteiger partial charge in [-0.25, -0.2) is 8.78 Å². The standard InChI is InChI=1S/C8H15F2N.2C2H6/c1-7-2-4-11(5-3-7)6-8(9)10;2*1-2/h7-8H,2-6H2,1H3;2*1-2H3. The molecule has 0 unspecified atom stereocenters. The molecule has 1 fully saturated rings. The molecule has 0 aromatic rings. The quantitative estimate of drug-likeness (QED) is 0.683. The zero-order valence-electron chi connectivity index (χ0n) is 10.9. The summed E-state index contributed by atoms with van der Waals surface area (Å²) in [5.41, 5.74) is 0. The average Bonchev–Trinajstić information content (AvgIpc) is 2.27. The number of nitrogens with zero attached hydrogens (tertiary/aromatic N) is 1. The SMILES string of the molecule is CC.CC.CC1CCN(CC(F)F)CC1. The van der Waals surface area contributed by atoms with Crippen LogP contribution in [0.15, 0.2) is 0 Å². The fourth-order valence-electron chi connectivity index (χ4n) is 1.44. The Labute approximate surface area is 93.9 Å². The Hall–Kier alpha value is -0.180. The maximum Gasteiger partial charge on any atom is 0.251 e. The van der Waals surface area contributed by atoms with Crippen LogP contribution >= 0.6 is 0 Å². The summed E-state index contributed by atoms with van der Waals surface area (Å²) in [6, 6.07) is 0. The molecular formula is C12H27F2N. The van der Waals surface area contributed by atoms with Gasteiger partial charge in [-0.2, -0.15) is 0 Å². The van der Waals surface area contributed by atoms with Gasteiger partial charge in [-0.05, 0) is 31.8 Å². The smallest absolute Gasteiger partial charge is 0.251 e. The van der Waals surface area contributed by atoms with Gasteiger partial charge in [-0.15, -0.1) is 0 Å². The lowest BCUT2D eigenvalue weighted by Crippen LogP contribution is -2.36. The first-order valence-electron chi connectivity index (χ1n) is 6.19. The van der Waals surface area contributed by atoms with Crippen molar-refractivity contribution in [1.29, 1.82) is 0 Å². The first-order chi connectivity index (χ1) is 7.18. The van der Waals surface area contributed by atoms with E-state index in [-0.39, 0.29) is 6.54 Å². The second-order valence-electron chi connectivity index (χ2n) is 3.37. The third-order valence-electron chi connectivity index (χ3n) is 2.27. The molecule has 0 amide bonds. The van der Waals surface area contributed by atoms with Crippen LogP contribution in [0.25, 0.3) is 0 Å². The van der Waals surface area contributed by atoms with Gasteiger partial charge in [0.05, 0.1) is 6.54 Å². The number of likely N-dealkylation sites (tertiary alicyclic amines) is 1. The fraction of sp³-hybridized carbons (Fsp3) is 1.00. The summed E-state index contributed by atoms with van der Waals surface area (Å²) in [6.45, 7) is 11.9. The molecule has 1 heterocycles. The first-order valence-corrected chi connectivity index (χ1v) is 6.19. The summed E-state index contributed by atoms with van der Waals surface area (Å²) >= 11 is 0. The molecule has 1 aliphatic rings. The molecule has 0 aliphatic carbocycles. The van der Waals surface area contributed by atoms with Crippen LogP contribution in [0.5, 0.6) is 0 Å². The predicted molar refractivity (Wildman–Crippen MR) is 63.5 cm³/mol. The molecule has 0 aromatic carbocycles. The maximum absolute atomic E-state index is 11.9. The van der Waals surface area contributed by atoms with Gasteiger partial charge >= 0.3 is 0 Å². The molecular weight excluding hydrogens is 196 g/mol. The second-order valence-corrected chi connectivity index (χ2v) is 3.37. The Bertz CT molecular complexity index is 110. The van der Waals surface area contributed by atoms with Crippen molar-refractivity contribution in [1.82, 2.24) is 4.90 Å². The van der Waals surface area contributed by atoms with E-state index in [0.717, 1.165) is 31.8 Å². The minimum atomic E-state index is -2.16. The van der Waals surface area contributed by atoms with E-state index in [9.17, 15) is 8.78 Å². The van der Waals surface area contributed by atoms with Crippen molar-refractivity contribution >= 4 is 0 Å². The Morgan fingerprint density at radius 1 is 1.07 bits per heavy atom. The van der Waals surface area contributed by atoms with Crippen molar-refractivity contribution in [2.24, 2.45) is 5.92 Å². The predicted octanol–water partition coefficient (Wildman–Crippen LogP) is 4.04. The van der Waals surface area contributed by atoms with E-state index in [2.05, 4.69) is 6.92 Å². The molecule has 0 N–H and O–H groups in total. The Balaban J connectivity index is 0. The van der Waals surface area contributed by atoms with Crippen LogP contribution in [0.4, 0.5) is 8.78 Å². The number of hydrogen-bond donors (Lipinski definition) is 0. The maximum atomic E-state index is 11.9. The van der Waals surface area contributed by atoms with E-state index >= 15 is 0 Å². The summed E-state index contributed by atoms with van der Waals surface area (Å²) in [6.07, 6.45) is -0.0113. The van der Waals surface area contributed by atoms with Gasteiger partial charge in [0.25, 0.3) is 6.43 Å². The van der Waals surface area contributed by atoms with Gasteiger partial charge in [0.2, 0.25) is 0 Å². The highest BCUT2D eigenvalue weighted by Gasteiger charge is 2.18. The molecule has 1 nitrogen and oxygen atoms in total. The Morgan fingerprint density at radius 3 is 1.80 bits per heavy atom. The Morgan fingerprint density at radius 2 is 1.47 bits per heavy atom. The number of hydrogen-bond acceptors (Lipinski definition) is 1. The van der Waals surface area contributed by atoms with Gasteiger partial charge in [0.15, 0.2) is 0 Å². The third kappa shape index (κ3) is 10.1. The van der Waals surface area contributed by atoms with Crippen LogP contribution in [-0.2, 0) is 0 Å².